The summed E-state index contributed by atoms with van der Waals surface area (Å²) in [5, 5.41) is 0. The lowest BCUT2D eigenvalue weighted by molar-refractivity contribution is 0.0991. The molecule has 3 aromatic heterocycles. The summed E-state index contributed by atoms with van der Waals surface area (Å²) in [6, 6.07) is 13.7. The second kappa shape index (κ2) is 10.2. The molecular weight excluding hydrogens is 500 g/mol. The third-order valence-corrected chi connectivity index (χ3v) is 6.58. The number of hydrogen-bond acceptors (Lipinski definition) is 5. The highest BCUT2D eigenvalue weighted by atomic mass is 19.1. The molecule has 0 aliphatic rings. The molecule has 0 aliphatic carbocycles. The van der Waals surface area contributed by atoms with Crippen molar-refractivity contribution < 1.29 is 18.3 Å². The molecule has 3 heterocycles. The lowest BCUT2D eigenvalue weighted by atomic mass is 9.93. The molecular formula is C31H25F2N3O3. The van der Waals surface area contributed by atoms with Crippen molar-refractivity contribution in [1.82, 2.24) is 15.0 Å². The van der Waals surface area contributed by atoms with E-state index in [2.05, 4.69) is 15.0 Å². The number of benzene rings is 2. The number of ketones is 1. The van der Waals surface area contributed by atoms with E-state index in [1.807, 2.05) is 19.1 Å². The van der Waals surface area contributed by atoms with E-state index in [0.29, 0.717) is 50.4 Å². The van der Waals surface area contributed by atoms with Crippen LogP contribution in [-0.2, 0) is 6.42 Å². The van der Waals surface area contributed by atoms with Gasteiger partial charge in [0.15, 0.2) is 23.1 Å². The monoisotopic (exact) mass is 525 g/mol. The molecule has 0 saturated carbocycles. The molecule has 0 radical (unpaired) electrons. The Bertz CT molecular complexity index is 1830. The Hall–Kier alpha value is -4.72. The first-order valence-electron chi connectivity index (χ1n) is 12.3. The summed E-state index contributed by atoms with van der Waals surface area (Å²) in [5.41, 5.74) is 4.26. The van der Waals surface area contributed by atoms with Crippen LogP contribution < -0.4 is 10.2 Å². The number of pyridine rings is 3. The molecule has 1 N–H and O–H groups in total. The first-order chi connectivity index (χ1) is 18.6. The number of hydrogen-bond donors (Lipinski definition) is 1. The fraction of sp³-hybridized carbons (Fsp3) is 0.161. The van der Waals surface area contributed by atoms with Crippen molar-refractivity contribution in [3.8, 4) is 22.6 Å². The van der Waals surface area contributed by atoms with E-state index in [-0.39, 0.29) is 17.7 Å². The quantitative estimate of drug-likeness (QED) is 0.249. The molecule has 0 spiro atoms. The van der Waals surface area contributed by atoms with Gasteiger partial charge in [-0.25, -0.2) is 13.8 Å². The number of fused-ring (bicyclic) bond motifs is 1. The maximum absolute atomic E-state index is 15.1. The van der Waals surface area contributed by atoms with Crippen LogP contribution in [0.1, 0.15) is 38.6 Å². The molecule has 0 bridgehead atoms. The van der Waals surface area contributed by atoms with Crippen LogP contribution in [0.2, 0.25) is 0 Å². The number of Topliss-reactive ketones (excluding diaryl/α,β-unsaturated/α-hetero) is 1. The lowest BCUT2D eigenvalue weighted by Gasteiger charge is -2.14. The summed E-state index contributed by atoms with van der Waals surface area (Å²) in [6.45, 7) is 6.93. The number of aromatic nitrogens is 3. The highest BCUT2D eigenvalue weighted by molar-refractivity contribution is 5.99. The number of nitrogens with zero attached hydrogens (tertiary/aromatic N) is 2. The van der Waals surface area contributed by atoms with Gasteiger partial charge in [-0.05, 0) is 80.8 Å². The highest BCUT2D eigenvalue weighted by Crippen LogP contribution is 2.30. The topological polar surface area (TPSA) is 84.9 Å². The van der Waals surface area contributed by atoms with Crippen LogP contribution in [0.25, 0.3) is 22.2 Å². The maximum Gasteiger partial charge on any atom is 0.200 e. The lowest BCUT2D eigenvalue weighted by Crippen LogP contribution is -2.23. The number of carbonyl (C=O) groups is 1. The normalized spacial score (nSPS) is 11.1. The molecule has 0 atom stereocenters. The van der Waals surface area contributed by atoms with Crippen molar-refractivity contribution in [3.05, 3.63) is 116 Å². The number of H-pyrrole nitrogens is 1. The molecule has 5 rings (SSSR count). The van der Waals surface area contributed by atoms with Crippen LogP contribution in [-0.4, -0.2) is 20.7 Å². The Morgan fingerprint density at radius 3 is 2.46 bits per heavy atom. The molecule has 0 unspecified atom stereocenters. The first kappa shape index (κ1) is 25.9. The average Bonchev–Trinajstić information content (AvgIpc) is 2.87. The number of aryl methyl sites for hydroxylation is 4. The van der Waals surface area contributed by atoms with E-state index < -0.39 is 22.8 Å². The van der Waals surface area contributed by atoms with Gasteiger partial charge in [0.1, 0.15) is 11.3 Å². The minimum atomic E-state index is -0.657. The van der Waals surface area contributed by atoms with Crippen LogP contribution in [0, 0.1) is 39.3 Å². The van der Waals surface area contributed by atoms with Crippen molar-refractivity contribution in [2.75, 3.05) is 0 Å². The molecule has 8 heteroatoms. The van der Waals surface area contributed by atoms with Crippen LogP contribution >= 0.6 is 0 Å². The van der Waals surface area contributed by atoms with Crippen LogP contribution in [0.3, 0.4) is 0 Å². The predicted molar refractivity (Wildman–Crippen MR) is 145 cm³/mol. The number of aromatic amines is 1. The minimum absolute atomic E-state index is 0.00948. The Balaban J connectivity index is 1.44. The Kier molecular flexibility index (Phi) is 6.78. The largest absolute Gasteiger partial charge is 0.452 e. The summed E-state index contributed by atoms with van der Waals surface area (Å²) in [5.74, 6) is -1.19. The van der Waals surface area contributed by atoms with Gasteiger partial charge >= 0.3 is 0 Å². The Labute approximate surface area is 223 Å². The molecule has 0 fully saturated rings. The van der Waals surface area contributed by atoms with Gasteiger partial charge in [-0.1, -0.05) is 12.1 Å². The average molecular weight is 526 g/mol. The number of nitrogens with one attached hydrogen (secondary N) is 1. The van der Waals surface area contributed by atoms with Crippen LogP contribution in [0.5, 0.6) is 11.5 Å². The minimum Gasteiger partial charge on any atom is -0.452 e. The number of carbonyl (C=O) groups excluding carboxylic acids is 1. The zero-order chi connectivity index (χ0) is 27.8. The number of rotatable bonds is 6. The summed E-state index contributed by atoms with van der Waals surface area (Å²) in [7, 11) is 0. The fourth-order valence-electron chi connectivity index (χ4n) is 4.75. The van der Waals surface area contributed by atoms with Gasteiger partial charge in [-0.3, -0.25) is 14.6 Å². The molecule has 2 aromatic carbocycles. The van der Waals surface area contributed by atoms with Gasteiger partial charge in [0.2, 0.25) is 5.43 Å². The van der Waals surface area contributed by atoms with Crippen LogP contribution in [0.4, 0.5) is 8.78 Å². The predicted octanol–water partition coefficient (Wildman–Crippen LogP) is 6.71. The summed E-state index contributed by atoms with van der Waals surface area (Å²) in [6.07, 6.45) is 1.37. The van der Waals surface area contributed by atoms with Gasteiger partial charge in [-0.2, -0.15) is 0 Å². The Morgan fingerprint density at radius 2 is 1.72 bits per heavy atom. The molecule has 0 saturated heterocycles. The van der Waals surface area contributed by atoms with E-state index in [9.17, 15) is 14.0 Å². The third kappa shape index (κ3) is 5.05. The van der Waals surface area contributed by atoms with E-state index in [1.165, 1.54) is 30.3 Å². The zero-order valence-electron chi connectivity index (χ0n) is 21.9. The molecule has 5 aromatic rings. The third-order valence-electron chi connectivity index (χ3n) is 6.58. The number of ether oxygens (including phenoxy) is 1. The number of halogens is 2. The molecule has 0 aliphatic heterocycles. The van der Waals surface area contributed by atoms with E-state index in [0.717, 1.165) is 5.69 Å². The molecule has 6 nitrogen and oxygen atoms in total. The van der Waals surface area contributed by atoms with Crippen molar-refractivity contribution in [1.29, 1.82) is 0 Å². The van der Waals surface area contributed by atoms with Gasteiger partial charge < -0.3 is 9.72 Å². The fourth-order valence-corrected chi connectivity index (χ4v) is 4.75. The second-order valence-electron chi connectivity index (χ2n) is 9.51. The molecule has 196 valence electrons. The van der Waals surface area contributed by atoms with Crippen LogP contribution in [0.15, 0.2) is 65.6 Å². The highest BCUT2D eigenvalue weighted by Gasteiger charge is 2.22. The first-order valence-corrected chi connectivity index (χ1v) is 12.3. The molecule has 0 amide bonds. The van der Waals surface area contributed by atoms with Gasteiger partial charge in [0, 0.05) is 41.3 Å². The van der Waals surface area contributed by atoms with E-state index in [4.69, 9.17) is 4.74 Å². The smallest absolute Gasteiger partial charge is 0.200 e. The van der Waals surface area contributed by atoms with Gasteiger partial charge in [0.05, 0.1) is 11.1 Å². The summed E-state index contributed by atoms with van der Waals surface area (Å²) >= 11 is 0. The zero-order valence-corrected chi connectivity index (χ0v) is 21.9. The summed E-state index contributed by atoms with van der Waals surface area (Å²) < 4.78 is 34.5. The van der Waals surface area contributed by atoms with Gasteiger partial charge in [-0.15, -0.1) is 0 Å². The summed E-state index contributed by atoms with van der Waals surface area (Å²) in [4.78, 5) is 38.6. The SMILES string of the molecule is Cc1ccc2nccc(Oc3ccc(CC(=O)c4c(C)[nH]c(C)c(-c5ccc(F)cc5C)c4=O)cc3F)c2n1. The van der Waals surface area contributed by atoms with Crippen molar-refractivity contribution in [2.24, 2.45) is 0 Å². The molecule has 39 heavy (non-hydrogen) atoms. The van der Waals surface area contributed by atoms with Crippen molar-refractivity contribution in [2.45, 2.75) is 34.1 Å². The standard InChI is InChI=1S/C31H25F2N3O3/c1-16-13-21(32)7-8-22(16)28-18(3)36-19(4)29(31(28)38)25(37)15-20-6-10-26(23(33)14-20)39-27-11-12-34-24-9-5-17(2)35-30(24)27/h5-14H,15H2,1-4H3,(H,36,38). The van der Waals surface area contributed by atoms with E-state index in [1.54, 1.807) is 39.1 Å². The van der Waals surface area contributed by atoms with Crippen molar-refractivity contribution in [3.63, 3.8) is 0 Å². The van der Waals surface area contributed by atoms with E-state index >= 15 is 4.39 Å². The maximum atomic E-state index is 15.1. The van der Waals surface area contributed by atoms with Gasteiger partial charge in [0.25, 0.3) is 0 Å². The van der Waals surface area contributed by atoms with Crippen molar-refractivity contribution >= 4 is 16.8 Å². The Morgan fingerprint density at radius 1 is 0.923 bits per heavy atom. The second-order valence-corrected chi connectivity index (χ2v) is 9.51.